The van der Waals surface area contributed by atoms with Gasteiger partial charge in [-0.15, -0.1) is 0 Å². The maximum absolute atomic E-state index is 9.37. The first-order chi connectivity index (χ1) is 8.22. The predicted molar refractivity (Wildman–Crippen MR) is 72.8 cm³/mol. The predicted octanol–water partition coefficient (Wildman–Crippen LogP) is 3.54. The van der Waals surface area contributed by atoms with E-state index in [0.717, 1.165) is 17.6 Å². The molecule has 0 aromatic heterocycles. The van der Waals surface area contributed by atoms with Gasteiger partial charge in [0.05, 0.1) is 6.07 Å². The van der Waals surface area contributed by atoms with Crippen LogP contribution in [0.5, 0.6) is 0 Å². The summed E-state index contributed by atoms with van der Waals surface area (Å²) in [5, 5.41) is 9.37. The third kappa shape index (κ3) is 2.88. The van der Waals surface area contributed by atoms with E-state index >= 15 is 0 Å². The van der Waals surface area contributed by atoms with Crippen LogP contribution in [-0.4, -0.2) is 24.0 Å². The van der Waals surface area contributed by atoms with Gasteiger partial charge < -0.3 is 0 Å². The molecular weight excluding hydrogens is 276 g/mol. The standard InChI is InChI=1S/C14H17BrN2/c1-11(12-4-6-13(15)7-5-12)14(10-16)17-8-2-3-9-17/h4-7,11,14H,2-3,8-9H2,1H3. The van der Waals surface area contributed by atoms with E-state index in [1.54, 1.807) is 0 Å². The molecule has 2 unspecified atom stereocenters. The monoisotopic (exact) mass is 292 g/mol. The van der Waals surface area contributed by atoms with Gasteiger partial charge in [-0.05, 0) is 43.6 Å². The van der Waals surface area contributed by atoms with Crippen molar-refractivity contribution in [1.29, 1.82) is 5.26 Å². The molecule has 1 aliphatic heterocycles. The lowest BCUT2D eigenvalue weighted by molar-refractivity contribution is 0.263. The Hall–Kier alpha value is -0.850. The molecule has 0 radical (unpaired) electrons. The fourth-order valence-electron chi connectivity index (χ4n) is 2.48. The van der Waals surface area contributed by atoms with Gasteiger partial charge >= 0.3 is 0 Å². The van der Waals surface area contributed by atoms with Crippen LogP contribution in [0, 0.1) is 11.3 Å². The van der Waals surface area contributed by atoms with Crippen LogP contribution in [0.25, 0.3) is 0 Å². The number of rotatable bonds is 3. The molecule has 0 amide bonds. The van der Waals surface area contributed by atoms with Gasteiger partial charge in [0.2, 0.25) is 0 Å². The number of nitrogens with zero attached hydrogens (tertiary/aromatic N) is 2. The minimum atomic E-state index is 0.0127. The molecule has 2 rings (SSSR count). The normalized spacial score (nSPS) is 19.8. The lowest BCUT2D eigenvalue weighted by Gasteiger charge is -2.27. The number of hydrogen-bond donors (Lipinski definition) is 0. The van der Waals surface area contributed by atoms with Crippen LogP contribution in [0.4, 0.5) is 0 Å². The van der Waals surface area contributed by atoms with Crippen LogP contribution in [0.3, 0.4) is 0 Å². The highest BCUT2D eigenvalue weighted by Crippen LogP contribution is 2.26. The molecular formula is C14H17BrN2. The first kappa shape index (κ1) is 12.6. The molecule has 3 heteroatoms. The van der Waals surface area contributed by atoms with Crippen molar-refractivity contribution < 1.29 is 0 Å². The summed E-state index contributed by atoms with van der Waals surface area (Å²) < 4.78 is 1.09. The summed E-state index contributed by atoms with van der Waals surface area (Å²) in [6, 6.07) is 10.8. The third-order valence-electron chi connectivity index (χ3n) is 3.54. The van der Waals surface area contributed by atoms with Crippen molar-refractivity contribution in [1.82, 2.24) is 4.90 Å². The van der Waals surface area contributed by atoms with Gasteiger partial charge in [-0.25, -0.2) is 0 Å². The van der Waals surface area contributed by atoms with Crippen molar-refractivity contribution in [2.24, 2.45) is 0 Å². The second-order valence-corrected chi connectivity index (χ2v) is 5.57. The van der Waals surface area contributed by atoms with E-state index in [9.17, 15) is 5.26 Å². The largest absolute Gasteiger partial charge is 0.288 e. The molecule has 0 saturated carbocycles. The van der Waals surface area contributed by atoms with Crippen molar-refractivity contribution in [3.63, 3.8) is 0 Å². The van der Waals surface area contributed by atoms with Gasteiger partial charge in [0.25, 0.3) is 0 Å². The van der Waals surface area contributed by atoms with Gasteiger partial charge in [0, 0.05) is 10.4 Å². The van der Waals surface area contributed by atoms with E-state index in [0.29, 0.717) is 0 Å². The van der Waals surface area contributed by atoms with Gasteiger partial charge in [-0.3, -0.25) is 4.90 Å². The Morgan fingerprint density at radius 1 is 1.24 bits per heavy atom. The third-order valence-corrected chi connectivity index (χ3v) is 4.06. The van der Waals surface area contributed by atoms with Gasteiger partial charge in [-0.1, -0.05) is 35.0 Å². The zero-order valence-electron chi connectivity index (χ0n) is 10.1. The first-order valence-corrected chi connectivity index (χ1v) is 6.91. The molecule has 1 aliphatic rings. The van der Waals surface area contributed by atoms with Crippen molar-refractivity contribution in [2.75, 3.05) is 13.1 Å². The highest BCUT2D eigenvalue weighted by Gasteiger charge is 2.27. The van der Waals surface area contributed by atoms with E-state index < -0.39 is 0 Å². The summed E-state index contributed by atoms with van der Waals surface area (Å²) in [4.78, 5) is 2.31. The molecule has 1 saturated heterocycles. The molecule has 1 fully saturated rings. The first-order valence-electron chi connectivity index (χ1n) is 6.11. The molecule has 0 bridgehead atoms. The van der Waals surface area contributed by atoms with E-state index in [2.05, 4.69) is 46.0 Å². The molecule has 1 aromatic carbocycles. The minimum absolute atomic E-state index is 0.0127. The highest BCUT2D eigenvalue weighted by molar-refractivity contribution is 9.10. The van der Waals surface area contributed by atoms with Crippen molar-refractivity contribution in [2.45, 2.75) is 31.7 Å². The van der Waals surface area contributed by atoms with E-state index in [4.69, 9.17) is 0 Å². The van der Waals surface area contributed by atoms with Crippen LogP contribution in [0.2, 0.25) is 0 Å². The lowest BCUT2D eigenvalue weighted by atomic mass is 9.93. The summed E-state index contributed by atoms with van der Waals surface area (Å²) in [6.45, 7) is 4.29. The van der Waals surface area contributed by atoms with Crippen molar-refractivity contribution >= 4 is 15.9 Å². The molecule has 90 valence electrons. The second-order valence-electron chi connectivity index (χ2n) is 4.66. The van der Waals surface area contributed by atoms with Crippen molar-refractivity contribution in [3.05, 3.63) is 34.3 Å². The molecule has 1 aromatic rings. The fraction of sp³-hybridized carbons (Fsp3) is 0.500. The van der Waals surface area contributed by atoms with Crippen LogP contribution in [0.15, 0.2) is 28.7 Å². The Labute approximate surface area is 111 Å². The Balaban J connectivity index is 2.14. The van der Waals surface area contributed by atoms with Crippen LogP contribution < -0.4 is 0 Å². The summed E-state index contributed by atoms with van der Waals surface area (Å²) in [7, 11) is 0. The number of likely N-dealkylation sites (tertiary alicyclic amines) is 1. The number of nitriles is 1. The van der Waals surface area contributed by atoms with E-state index in [1.807, 2.05) is 12.1 Å². The SMILES string of the molecule is CC(c1ccc(Br)cc1)C(C#N)N1CCCC1. The van der Waals surface area contributed by atoms with Gasteiger partial charge in [0.1, 0.15) is 6.04 Å². The zero-order valence-corrected chi connectivity index (χ0v) is 11.7. The quantitative estimate of drug-likeness (QED) is 0.852. The Morgan fingerprint density at radius 3 is 2.35 bits per heavy atom. The molecule has 17 heavy (non-hydrogen) atoms. The van der Waals surface area contributed by atoms with Crippen LogP contribution >= 0.6 is 15.9 Å². The van der Waals surface area contributed by atoms with Crippen LogP contribution in [0.1, 0.15) is 31.2 Å². The molecule has 2 nitrogen and oxygen atoms in total. The molecule has 1 heterocycles. The highest BCUT2D eigenvalue weighted by atomic mass is 79.9. The Bertz CT molecular complexity index is 401. The van der Waals surface area contributed by atoms with E-state index in [1.165, 1.54) is 18.4 Å². The average Bonchev–Trinajstić information content (AvgIpc) is 2.84. The zero-order chi connectivity index (χ0) is 12.3. The number of hydrogen-bond acceptors (Lipinski definition) is 2. The maximum atomic E-state index is 9.37. The molecule has 0 N–H and O–H groups in total. The minimum Gasteiger partial charge on any atom is -0.288 e. The Morgan fingerprint density at radius 2 is 1.82 bits per heavy atom. The number of benzene rings is 1. The topological polar surface area (TPSA) is 27.0 Å². The second kappa shape index (κ2) is 5.66. The van der Waals surface area contributed by atoms with E-state index in [-0.39, 0.29) is 12.0 Å². The van der Waals surface area contributed by atoms with Gasteiger partial charge in [0.15, 0.2) is 0 Å². The fourth-order valence-corrected chi connectivity index (χ4v) is 2.74. The summed E-state index contributed by atoms with van der Waals surface area (Å²) in [5.74, 6) is 0.270. The number of halogens is 1. The molecule has 2 atom stereocenters. The smallest absolute Gasteiger partial charge is 0.104 e. The summed E-state index contributed by atoms with van der Waals surface area (Å²) in [6.07, 6.45) is 2.45. The maximum Gasteiger partial charge on any atom is 0.104 e. The van der Waals surface area contributed by atoms with Crippen LogP contribution in [-0.2, 0) is 0 Å². The Kier molecular flexibility index (Phi) is 4.20. The molecule has 0 spiro atoms. The average molecular weight is 293 g/mol. The molecule has 0 aliphatic carbocycles. The summed E-state index contributed by atoms with van der Waals surface area (Å²) >= 11 is 3.44. The lowest BCUT2D eigenvalue weighted by Crippen LogP contribution is -2.35. The summed E-state index contributed by atoms with van der Waals surface area (Å²) in [5.41, 5.74) is 1.24. The van der Waals surface area contributed by atoms with Gasteiger partial charge in [-0.2, -0.15) is 5.26 Å². The van der Waals surface area contributed by atoms with Crippen molar-refractivity contribution in [3.8, 4) is 6.07 Å².